The molecule has 0 spiro atoms. The Morgan fingerprint density at radius 3 is 2.68 bits per heavy atom. The number of hydrogen-bond acceptors (Lipinski definition) is 3. The van der Waals surface area contributed by atoms with Gasteiger partial charge in [0.2, 0.25) is 0 Å². The number of carbonyl (C=O) groups excluding carboxylic acids is 1. The van der Waals surface area contributed by atoms with E-state index in [1.54, 1.807) is 12.3 Å². The van der Waals surface area contributed by atoms with E-state index in [4.69, 9.17) is 0 Å². The van der Waals surface area contributed by atoms with Crippen molar-refractivity contribution in [3.05, 3.63) is 24.0 Å². The van der Waals surface area contributed by atoms with Gasteiger partial charge in [-0.3, -0.25) is 4.79 Å². The van der Waals surface area contributed by atoms with Gasteiger partial charge in [-0.1, -0.05) is 19.8 Å². The topological polar surface area (TPSA) is 54.0 Å². The summed E-state index contributed by atoms with van der Waals surface area (Å²) < 4.78 is 0. The normalized spacial score (nSPS) is 17.2. The van der Waals surface area contributed by atoms with Crippen molar-refractivity contribution in [3.8, 4) is 0 Å². The molecule has 0 bridgehead atoms. The fourth-order valence-corrected chi connectivity index (χ4v) is 2.63. The third kappa shape index (κ3) is 3.69. The minimum Gasteiger partial charge on any atom is -0.384 e. The van der Waals surface area contributed by atoms with Gasteiger partial charge >= 0.3 is 0 Å². The molecule has 2 N–H and O–H groups in total. The number of pyridine rings is 1. The van der Waals surface area contributed by atoms with Gasteiger partial charge in [0.1, 0.15) is 5.69 Å². The average molecular weight is 261 g/mol. The number of nitrogens with zero attached hydrogens (tertiary/aromatic N) is 1. The Balaban J connectivity index is 1.88. The first-order valence-electron chi connectivity index (χ1n) is 7.11. The van der Waals surface area contributed by atoms with E-state index in [9.17, 15) is 4.79 Å². The predicted octanol–water partition coefficient (Wildman–Crippen LogP) is 2.82. The number of nitrogens with one attached hydrogen (secondary N) is 2. The summed E-state index contributed by atoms with van der Waals surface area (Å²) in [6.45, 7) is 5.89. The van der Waals surface area contributed by atoms with E-state index in [0.717, 1.165) is 18.8 Å². The lowest BCUT2D eigenvalue weighted by Crippen LogP contribution is -2.34. The summed E-state index contributed by atoms with van der Waals surface area (Å²) in [5.74, 6) is -0.0730. The second kappa shape index (κ2) is 6.04. The molecule has 1 heterocycles. The lowest BCUT2D eigenvalue weighted by atomic mass is 9.89. The molecule has 0 radical (unpaired) electrons. The van der Waals surface area contributed by atoms with Gasteiger partial charge in [0.15, 0.2) is 0 Å². The van der Waals surface area contributed by atoms with Crippen LogP contribution in [0.1, 0.15) is 50.0 Å². The van der Waals surface area contributed by atoms with E-state index < -0.39 is 0 Å². The molecule has 0 aliphatic heterocycles. The molecule has 1 saturated carbocycles. The van der Waals surface area contributed by atoms with E-state index in [-0.39, 0.29) is 11.3 Å². The minimum atomic E-state index is -0.0730. The average Bonchev–Trinajstić information content (AvgIpc) is 2.85. The molecule has 0 unspecified atom stereocenters. The molecular weight excluding hydrogens is 238 g/mol. The number of rotatable bonds is 5. The van der Waals surface area contributed by atoms with Gasteiger partial charge in [-0.25, -0.2) is 4.98 Å². The molecule has 104 valence electrons. The zero-order valence-electron chi connectivity index (χ0n) is 11.8. The summed E-state index contributed by atoms with van der Waals surface area (Å²) >= 11 is 0. The summed E-state index contributed by atoms with van der Waals surface area (Å²) in [5.41, 5.74) is 1.71. The monoisotopic (exact) mass is 261 g/mol. The van der Waals surface area contributed by atoms with Crippen molar-refractivity contribution in [2.45, 2.75) is 39.5 Å². The summed E-state index contributed by atoms with van der Waals surface area (Å²) in [6.07, 6.45) is 6.68. The van der Waals surface area contributed by atoms with Crippen molar-refractivity contribution in [2.75, 3.05) is 18.4 Å². The van der Waals surface area contributed by atoms with Gasteiger partial charge in [-0.05, 0) is 37.3 Å². The van der Waals surface area contributed by atoms with Crippen LogP contribution < -0.4 is 10.6 Å². The van der Waals surface area contributed by atoms with Crippen LogP contribution in [0.15, 0.2) is 18.3 Å². The van der Waals surface area contributed by atoms with Gasteiger partial charge in [0.05, 0.1) is 11.9 Å². The number of carbonyl (C=O) groups is 1. The maximum absolute atomic E-state index is 12.0. The van der Waals surface area contributed by atoms with Crippen LogP contribution >= 0.6 is 0 Å². The molecule has 4 nitrogen and oxygen atoms in total. The first-order valence-corrected chi connectivity index (χ1v) is 7.11. The highest BCUT2D eigenvalue weighted by atomic mass is 16.1. The standard InChI is InChI=1S/C15H23N3O/c1-3-16-12-6-7-13(17-10-12)14(19)18-11-15(2)8-4-5-9-15/h6-7,10,16H,3-5,8-9,11H2,1-2H3,(H,18,19). The van der Waals surface area contributed by atoms with E-state index in [1.807, 2.05) is 13.0 Å². The highest BCUT2D eigenvalue weighted by Crippen LogP contribution is 2.36. The third-order valence-corrected chi connectivity index (χ3v) is 3.86. The van der Waals surface area contributed by atoms with Crippen molar-refractivity contribution in [2.24, 2.45) is 5.41 Å². The van der Waals surface area contributed by atoms with Crippen LogP contribution in [0.4, 0.5) is 5.69 Å². The maximum atomic E-state index is 12.0. The molecule has 1 amide bonds. The Hall–Kier alpha value is -1.58. The third-order valence-electron chi connectivity index (χ3n) is 3.86. The Morgan fingerprint density at radius 1 is 1.37 bits per heavy atom. The zero-order valence-corrected chi connectivity index (χ0v) is 11.8. The van der Waals surface area contributed by atoms with Crippen molar-refractivity contribution in [1.82, 2.24) is 10.3 Å². The molecule has 19 heavy (non-hydrogen) atoms. The largest absolute Gasteiger partial charge is 0.384 e. The van der Waals surface area contributed by atoms with Gasteiger partial charge in [-0.2, -0.15) is 0 Å². The minimum absolute atomic E-state index is 0.0730. The molecule has 4 heteroatoms. The number of anilines is 1. The second-order valence-electron chi connectivity index (χ2n) is 5.66. The fraction of sp³-hybridized carbons (Fsp3) is 0.600. The van der Waals surface area contributed by atoms with Gasteiger partial charge in [0, 0.05) is 13.1 Å². The molecule has 1 aromatic rings. The highest BCUT2D eigenvalue weighted by Gasteiger charge is 2.29. The predicted molar refractivity (Wildman–Crippen MR) is 77.3 cm³/mol. The fourth-order valence-electron chi connectivity index (χ4n) is 2.63. The van der Waals surface area contributed by atoms with Crippen LogP contribution in [-0.2, 0) is 0 Å². The van der Waals surface area contributed by atoms with Crippen molar-refractivity contribution in [3.63, 3.8) is 0 Å². The quantitative estimate of drug-likeness (QED) is 0.857. The smallest absolute Gasteiger partial charge is 0.269 e. The van der Waals surface area contributed by atoms with Crippen LogP contribution in [0.3, 0.4) is 0 Å². The molecule has 0 saturated heterocycles. The Kier molecular flexibility index (Phi) is 4.40. The Labute approximate surface area is 115 Å². The van der Waals surface area contributed by atoms with Crippen LogP contribution in [0, 0.1) is 5.41 Å². The summed E-state index contributed by atoms with van der Waals surface area (Å²) in [4.78, 5) is 16.2. The summed E-state index contributed by atoms with van der Waals surface area (Å²) in [5, 5.41) is 6.17. The second-order valence-corrected chi connectivity index (χ2v) is 5.66. The van der Waals surface area contributed by atoms with Crippen molar-refractivity contribution < 1.29 is 4.79 Å². The van der Waals surface area contributed by atoms with Crippen LogP contribution in [-0.4, -0.2) is 24.0 Å². The lowest BCUT2D eigenvalue weighted by Gasteiger charge is -2.23. The molecule has 2 rings (SSSR count). The molecule has 1 fully saturated rings. The van der Waals surface area contributed by atoms with E-state index >= 15 is 0 Å². The number of aromatic nitrogens is 1. The van der Waals surface area contributed by atoms with Gasteiger partial charge in [0.25, 0.3) is 5.91 Å². The Bertz CT molecular complexity index is 422. The first kappa shape index (κ1) is 13.8. The van der Waals surface area contributed by atoms with Gasteiger partial charge < -0.3 is 10.6 Å². The molecule has 1 aliphatic rings. The zero-order chi connectivity index (χ0) is 13.7. The molecule has 1 aromatic heterocycles. The highest BCUT2D eigenvalue weighted by molar-refractivity contribution is 5.92. The molecule has 0 aromatic carbocycles. The molecular formula is C15H23N3O. The van der Waals surface area contributed by atoms with Gasteiger partial charge in [-0.15, -0.1) is 0 Å². The van der Waals surface area contributed by atoms with E-state index in [2.05, 4.69) is 22.5 Å². The van der Waals surface area contributed by atoms with E-state index in [0.29, 0.717) is 5.69 Å². The lowest BCUT2D eigenvalue weighted by molar-refractivity contribution is 0.0929. The summed E-state index contributed by atoms with van der Waals surface area (Å²) in [7, 11) is 0. The number of hydrogen-bond donors (Lipinski definition) is 2. The van der Waals surface area contributed by atoms with Crippen LogP contribution in [0.25, 0.3) is 0 Å². The van der Waals surface area contributed by atoms with E-state index in [1.165, 1.54) is 25.7 Å². The number of amides is 1. The first-order chi connectivity index (χ1) is 9.13. The van der Waals surface area contributed by atoms with Crippen LogP contribution in [0.2, 0.25) is 0 Å². The molecule has 0 atom stereocenters. The van der Waals surface area contributed by atoms with Crippen molar-refractivity contribution >= 4 is 11.6 Å². The SMILES string of the molecule is CCNc1ccc(C(=O)NCC2(C)CCCC2)nc1. The molecule has 1 aliphatic carbocycles. The van der Waals surface area contributed by atoms with Crippen molar-refractivity contribution in [1.29, 1.82) is 0 Å². The maximum Gasteiger partial charge on any atom is 0.269 e. The Morgan fingerprint density at radius 2 is 2.11 bits per heavy atom. The van der Waals surface area contributed by atoms with Crippen LogP contribution in [0.5, 0.6) is 0 Å². The summed E-state index contributed by atoms with van der Waals surface area (Å²) in [6, 6.07) is 3.66.